The Labute approximate surface area is 250 Å². The van der Waals surface area contributed by atoms with Gasteiger partial charge in [-0.25, -0.2) is 22.5 Å². The molecule has 1 aliphatic heterocycles. The van der Waals surface area contributed by atoms with Crippen LogP contribution in [0.25, 0.3) is 16.9 Å². The molecule has 2 aromatic carbocycles. The summed E-state index contributed by atoms with van der Waals surface area (Å²) >= 11 is 0. The number of rotatable bonds is 10. The molecule has 0 radical (unpaired) electrons. The summed E-state index contributed by atoms with van der Waals surface area (Å²) in [6.45, 7) is 4.71. The van der Waals surface area contributed by atoms with Gasteiger partial charge in [0.05, 0.1) is 19.8 Å². The lowest BCUT2D eigenvalue weighted by molar-refractivity contribution is 0.304. The van der Waals surface area contributed by atoms with Crippen LogP contribution in [-0.2, 0) is 16.6 Å². The molecule has 0 bridgehead atoms. The van der Waals surface area contributed by atoms with E-state index in [0.717, 1.165) is 5.56 Å². The van der Waals surface area contributed by atoms with Crippen LogP contribution in [0.15, 0.2) is 52.4 Å². The Morgan fingerprint density at radius 3 is 2.43 bits per heavy atom. The maximum atomic E-state index is 13.9. The van der Waals surface area contributed by atoms with Crippen molar-refractivity contribution in [2.75, 3.05) is 26.3 Å². The maximum absolute atomic E-state index is 13.9. The number of benzene rings is 2. The summed E-state index contributed by atoms with van der Waals surface area (Å²) < 4.78 is 57.0. The standard InChI is InChI=1S/C27H29FN10O5S/c1-3-42-21-14-23(22(43-4-2)13-20(21)38-16-29-33-35-38)44(40,41)36-11-9-18(10-12-36)25-30-26-24(27(39)31-25)32-34-37(26)15-17-5-7-19(28)8-6-17/h5-8,13-14,16,18H,3-4,9-12,15H2,1-2H3,(H,30,31,39). The Balaban J connectivity index is 1.25. The van der Waals surface area contributed by atoms with E-state index in [9.17, 15) is 17.6 Å². The molecule has 0 atom stereocenters. The molecule has 5 aromatic rings. The predicted molar refractivity (Wildman–Crippen MR) is 154 cm³/mol. The molecule has 1 saturated heterocycles. The van der Waals surface area contributed by atoms with Crippen LogP contribution in [0, 0.1) is 5.82 Å². The molecule has 44 heavy (non-hydrogen) atoms. The number of tetrazole rings is 1. The topological polar surface area (TPSA) is 176 Å². The minimum atomic E-state index is -4.00. The number of hydrogen-bond donors (Lipinski definition) is 1. The smallest absolute Gasteiger partial charge is 0.281 e. The highest BCUT2D eigenvalue weighted by atomic mass is 32.2. The van der Waals surface area contributed by atoms with Crippen molar-refractivity contribution in [1.82, 2.24) is 49.5 Å². The van der Waals surface area contributed by atoms with Crippen molar-refractivity contribution in [3.05, 3.63) is 70.3 Å². The van der Waals surface area contributed by atoms with Gasteiger partial charge in [-0.15, -0.1) is 10.2 Å². The number of piperidine rings is 1. The predicted octanol–water partition coefficient (Wildman–Crippen LogP) is 2.04. The number of nitrogens with one attached hydrogen (secondary N) is 1. The second kappa shape index (κ2) is 12.1. The van der Waals surface area contributed by atoms with Crippen LogP contribution in [0.1, 0.15) is 44.0 Å². The molecule has 1 aliphatic rings. The molecule has 15 nitrogen and oxygen atoms in total. The summed E-state index contributed by atoms with van der Waals surface area (Å²) in [5.41, 5.74) is 1.17. The first-order valence-electron chi connectivity index (χ1n) is 14.0. The largest absolute Gasteiger partial charge is 0.492 e. The van der Waals surface area contributed by atoms with Crippen molar-refractivity contribution in [1.29, 1.82) is 0 Å². The van der Waals surface area contributed by atoms with Crippen LogP contribution in [0.3, 0.4) is 0 Å². The molecule has 0 saturated carbocycles. The molecule has 1 fully saturated rings. The minimum Gasteiger partial charge on any atom is -0.492 e. The average molecular weight is 625 g/mol. The average Bonchev–Trinajstić information content (AvgIpc) is 3.70. The van der Waals surface area contributed by atoms with Gasteiger partial charge in [0.25, 0.3) is 5.56 Å². The number of halogens is 1. The molecule has 6 rings (SSSR count). The van der Waals surface area contributed by atoms with Crippen molar-refractivity contribution in [2.45, 2.75) is 44.0 Å². The summed E-state index contributed by atoms with van der Waals surface area (Å²) in [5, 5.41) is 19.3. The van der Waals surface area contributed by atoms with E-state index in [1.54, 1.807) is 32.0 Å². The third-order valence-corrected chi connectivity index (χ3v) is 9.24. The molecular weight excluding hydrogens is 595 g/mol. The summed E-state index contributed by atoms with van der Waals surface area (Å²) in [4.78, 5) is 20.3. The molecule has 0 spiro atoms. The lowest BCUT2D eigenvalue weighted by Gasteiger charge is -2.31. The van der Waals surface area contributed by atoms with Gasteiger partial charge in [-0.1, -0.05) is 17.3 Å². The number of aromatic nitrogens is 9. The zero-order valence-electron chi connectivity index (χ0n) is 23.9. The third-order valence-electron chi connectivity index (χ3n) is 7.32. The molecular formula is C27H29FN10O5S. The Hall–Kier alpha value is -4.77. The molecule has 0 unspecified atom stereocenters. The highest BCUT2D eigenvalue weighted by molar-refractivity contribution is 7.89. The van der Waals surface area contributed by atoms with Gasteiger partial charge in [-0.2, -0.15) is 8.99 Å². The summed E-state index contributed by atoms with van der Waals surface area (Å²) in [6, 6.07) is 8.94. The van der Waals surface area contributed by atoms with Crippen LogP contribution in [0.5, 0.6) is 11.5 Å². The van der Waals surface area contributed by atoms with Gasteiger partial charge in [-0.05, 0) is 54.8 Å². The van der Waals surface area contributed by atoms with Crippen LogP contribution in [0.4, 0.5) is 4.39 Å². The summed E-state index contributed by atoms with van der Waals surface area (Å²) in [6.07, 6.45) is 2.21. The Morgan fingerprint density at radius 2 is 1.75 bits per heavy atom. The van der Waals surface area contributed by atoms with E-state index >= 15 is 0 Å². The van der Waals surface area contributed by atoms with Gasteiger partial charge in [0.1, 0.15) is 40.1 Å². The first-order chi connectivity index (χ1) is 21.3. The van der Waals surface area contributed by atoms with Crippen LogP contribution in [0.2, 0.25) is 0 Å². The second-order valence-electron chi connectivity index (χ2n) is 10.1. The summed E-state index contributed by atoms with van der Waals surface area (Å²) in [7, 11) is -4.00. The van der Waals surface area contributed by atoms with Crippen LogP contribution in [-0.4, -0.2) is 84.2 Å². The van der Waals surface area contributed by atoms with Crippen LogP contribution < -0.4 is 15.0 Å². The molecule has 0 amide bonds. The van der Waals surface area contributed by atoms with E-state index in [0.29, 0.717) is 36.6 Å². The normalized spacial score (nSPS) is 14.7. The molecule has 0 aliphatic carbocycles. The lowest BCUT2D eigenvalue weighted by Crippen LogP contribution is -2.38. The van der Waals surface area contributed by atoms with Crippen molar-refractivity contribution in [3.63, 3.8) is 0 Å². The summed E-state index contributed by atoms with van der Waals surface area (Å²) in [5.74, 6) is 0.314. The number of hydrogen-bond acceptors (Lipinski definition) is 11. The molecule has 17 heteroatoms. The highest BCUT2D eigenvalue weighted by Gasteiger charge is 2.34. The SMILES string of the molecule is CCOc1cc(S(=O)(=O)N2CCC(c3nc4c(nnn4Cc4ccc(F)cc4)c(=O)[nH]3)CC2)c(OCC)cc1-n1cnnn1. The minimum absolute atomic E-state index is 0.0261. The lowest BCUT2D eigenvalue weighted by atomic mass is 9.97. The number of aromatic amines is 1. The van der Waals surface area contributed by atoms with Gasteiger partial charge < -0.3 is 14.5 Å². The Bertz CT molecular complexity index is 1940. The number of fused-ring (bicyclic) bond motifs is 1. The van der Waals surface area contributed by atoms with E-state index in [2.05, 4.69) is 35.8 Å². The number of sulfonamides is 1. The van der Waals surface area contributed by atoms with Crippen molar-refractivity contribution in [2.24, 2.45) is 0 Å². The van der Waals surface area contributed by atoms with Gasteiger partial charge >= 0.3 is 0 Å². The van der Waals surface area contributed by atoms with Crippen molar-refractivity contribution < 1.29 is 22.3 Å². The fourth-order valence-corrected chi connectivity index (χ4v) is 6.77. The first-order valence-corrected chi connectivity index (χ1v) is 15.5. The van der Waals surface area contributed by atoms with Gasteiger partial charge in [-0.3, -0.25) is 4.79 Å². The van der Waals surface area contributed by atoms with Gasteiger partial charge in [0.2, 0.25) is 10.0 Å². The van der Waals surface area contributed by atoms with Gasteiger partial charge in [0.15, 0.2) is 11.2 Å². The monoisotopic (exact) mass is 624 g/mol. The second-order valence-corrected chi connectivity index (χ2v) is 12.0. The van der Waals surface area contributed by atoms with E-state index in [1.807, 2.05) is 0 Å². The van der Waals surface area contributed by atoms with E-state index < -0.39 is 15.6 Å². The fourth-order valence-electron chi connectivity index (χ4n) is 5.18. The maximum Gasteiger partial charge on any atom is 0.281 e. The molecule has 230 valence electrons. The zero-order valence-corrected chi connectivity index (χ0v) is 24.7. The quantitative estimate of drug-likeness (QED) is 0.241. The van der Waals surface area contributed by atoms with E-state index in [4.69, 9.17) is 9.47 Å². The van der Waals surface area contributed by atoms with Crippen molar-refractivity contribution >= 4 is 21.2 Å². The number of ether oxygens (including phenoxy) is 2. The van der Waals surface area contributed by atoms with E-state index in [-0.39, 0.29) is 59.9 Å². The fraction of sp³-hybridized carbons (Fsp3) is 0.370. The Kier molecular flexibility index (Phi) is 8.05. The van der Waals surface area contributed by atoms with Crippen LogP contribution >= 0.6 is 0 Å². The number of nitrogens with zero attached hydrogens (tertiary/aromatic N) is 9. The van der Waals surface area contributed by atoms with Gasteiger partial charge in [0, 0.05) is 31.1 Å². The van der Waals surface area contributed by atoms with E-state index in [1.165, 1.54) is 38.2 Å². The third kappa shape index (κ3) is 5.62. The molecule has 1 N–H and O–H groups in total. The van der Waals surface area contributed by atoms with Crippen molar-refractivity contribution in [3.8, 4) is 17.2 Å². The molecule has 4 heterocycles. The number of H-pyrrole nitrogens is 1. The Morgan fingerprint density at radius 1 is 1.02 bits per heavy atom. The molecule has 3 aromatic heterocycles. The highest BCUT2D eigenvalue weighted by Crippen LogP contribution is 2.37. The zero-order chi connectivity index (χ0) is 30.8. The first kappa shape index (κ1) is 29.3.